The molecular weight excluding hydrogens is 328 g/mol. The van der Waals surface area contributed by atoms with E-state index in [1.165, 1.54) is 37.8 Å². The number of hydrogen-bond acceptors (Lipinski definition) is 3. The van der Waals surface area contributed by atoms with Crippen LogP contribution in [0.2, 0.25) is 0 Å². The third-order valence-corrected chi connectivity index (χ3v) is 4.76. The number of phenolic OH excluding ortho intramolecular Hbond substituents is 1. The normalized spacial score (nSPS) is 16.1. The number of phenols is 1. The lowest BCUT2D eigenvalue weighted by atomic mass is 9.64. The van der Waals surface area contributed by atoms with Crippen molar-refractivity contribution >= 4 is 17.6 Å². The lowest BCUT2D eigenvalue weighted by Gasteiger charge is -2.43. The molecule has 0 aliphatic heterocycles. The van der Waals surface area contributed by atoms with Gasteiger partial charge in [0.2, 0.25) is 5.91 Å². The highest BCUT2D eigenvalue weighted by atomic mass is 16.3. The van der Waals surface area contributed by atoms with Crippen LogP contribution in [0.25, 0.3) is 0 Å². The fourth-order valence-electron chi connectivity index (χ4n) is 3.50. The molecule has 1 saturated carbocycles. The quantitative estimate of drug-likeness (QED) is 0.326. The lowest BCUT2D eigenvalue weighted by Crippen LogP contribution is -2.47. The van der Waals surface area contributed by atoms with Crippen molar-refractivity contribution in [1.82, 2.24) is 10.6 Å². The second-order valence-corrected chi connectivity index (χ2v) is 7.60. The predicted molar refractivity (Wildman–Crippen MR) is 106 cm³/mol. The van der Waals surface area contributed by atoms with Crippen molar-refractivity contribution in [2.24, 2.45) is 16.3 Å². The van der Waals surface area contributed by atoms with Crippen LogP contribution in [0.3, 0.4) is 0 Å². The van der Waals surface area contributed by atoms with E-state index in [2.05, 4.69) is 34.8 Å². The molecule has 0 bridgehead atoms. The molecular formula is C20H32N4O2. The average molecular weight is 361 g/mol. The fourth-order valence-corrected chi connectivity index (χ4v) is 3.50. The summed E-state index contributed by atoms with van der Waals surface area (Å²) in [4.78, 5) is 16.5. The number of hydrogen-bond donors (Lipinski definition) is 4. The number of benzene rings is 1. The second-order valence-electron chi connectivity index (χ2n) is 7.60. The Kier molecular flexibility index (Phi) is 7.30. The SMILES string of the molecule is CCNC(=NCC(=O)Nc1ccc(O)cc1)NCC1(CC(C)C)CCC1. The summed E-state index contributed by atoms with van der Waals surface area (Å²) in [6.07, 6.45) is 5.05. The zero-order valence-electron chi connectivity index (χ0n) is 16.1. The van der Waals surface area contributed by atoms with E-state index in [0.717, 1.165) is 13.1 Å². The number of carbonyl (C=O) groups excluding carboxylic acids is 1. The maximum Gasteiger partial charge on any atom is 0.246 e. The molecule has 1 aromatic rings. The third kappa shape index (κ3) is 6.24. The molecule has 0 spiro atoms. The lowest BCUT2D eigenvalue weighted by molar-refractivity contribution is -0.114. The fraction of sp³-hybridized carbons (Fsp3) is 0.600. The van der Waals surface area contributed by atoms with Crippen LogP contribution in [0.5, 0.6) is 5.75 Å². The molecule has 0 radical (unpaired) electrons. The highest BCUT2D eigenvalue weighted by Gasteiger charge is 2.37. The first kappa shape index (κ1) is 20.1. The van der Waals surface area contributed by atoms with Gasteiger partial charge in [-0.05, 0) is 61.8 Å². The van der Waals surface area contributed by atoms with Gasteiger partial charge in [0, 0.05) is 18.8 Å². The Hall–Kier alpha value is -2.24. The van der Waals surface area contributed by atoms with Crippen molar-refractivity contribution in [2.75, 3.05) is 25.0 Å². The molecule has 26 heavy (non-hydrogen) atoms. The Labute approximate surface area is 156 Å². The van der Waals surface area contributed by atoms with Crippen LogP contribution in [0, 0.1) is 11.3 Å². The zero-order valence-corrected chi connectivity index (χ0v) is 16.1. The molecule has 6 heteroatoms. The largest absolute Gasteiger partial charge is 0.508 e. The minimum absolute atomic E-state index is 0.0490. The number of carbonyl (C=O) groups is 1. The van der Waals surface area contributed by atoms with Crippen molar-refractivity contribution in [3.8, 4) is 5.75 Å². The summed E-state index contributed by atoms with van der Waals surface area (Å²) in [5, 5.41) is 18.7. The van der Waals surface area contributed by atoms with Gasteiger partial charge in [0.1, 0.15) is 12.3 Å². The van der Waals surface area contributed by atoms with Gasteiger partial charge in [0.15, 0.2) is 5.96 Å². The van der Waals surface area contributed by atoms with Crippen molar-refractivity contribution in [2.45, 2.75) is 46.5 Å². The molecule has 4 N–H and O–H groups in total. The topological polar surface area (TPSA) is 85.8 Å². The molecule has 1 amide bonds. The molecule has 0 atom stereocenters. The monoisotopic (exact) mass is 360 g/mol. The maximum atomic E-state index is 12.1. The maximum absolute atomic E-state index is 12.1. The van der Waals surface area contributed by atoms with Gasteiger partial charge in [-0.15, -0.1) is 0 Å². The van der Waals surface area contributed by atoms with E-state index in [4.69, 9.17) is 0 Å². The van der Waals surface area contributed by atoms with Crippen LogP contribution >= 0.6 is 0 Å². The van der Waals surface area contributed by atoms with E-state index in [1.807, 2.05) is 6.92 Å². The van der Waals surface area contributed by atoms with Crippen molar-refractivity contribution in [3.05, 3.63) is 24.3 Å². The van der Waals surface area contributed by atoms with Gasteiger partial charge in [-0.3, -0.25) is 4.79 Å². The summed E-state index contributed by atoms with van der Waals surface area (Å²) in [5.41, 5.74) is 1.02. The van der Waals surface area contributed by atoms with Crippen LogP contribution in [0.4, 0.5) is 5.69 Å². The van der Waals surface area contributed by atoms with Crippen LogP contribution < -0.4 is 16.0 Å². The Bertz CT molecular complexity index is 607. The first-order valence-corrected chi connectivity index (χ1v) is 9.53. The van der Waals surface area contributed by atoms with Gasteiger partial charge >= 0.3 is 0 Å². The number of nitrogens with zero attached hydrogens (tertiary/aromatic N) is 1. The Balaban J connectivity index is 1.87. The van der Waals surface area contributed by atoms with E-state index in [0.29, 0.717) is 23.0 Å². The first-order chi connectivity index (χ1) is 12.4. The van der Waals surface area contributed by atoms with Crippen LogP contribution in [0.1, 0.15) is 46.5 Å². The molecule has 1 fully saturated rings. The molecule has 1 aliphatic rings. The Morgan fingerprint density at radius 1 is 1.23 bits per heavy atom. The highest BCUT2D eigenvalue weighted by molar-refractivity contribution is 5.94. The first-order valence-electron chi connectivity index (χ1n) is 9.53. The van der Waals surface area contributed by atoms with E-state index >= 15 is 0 Å². The van der Waals surface area contributed by atoms with Crippen LogP contribution in [-0.4, -0.2) is 36.6 Å². The summed E-state index contributed by atoms with van der Waals surface area (Å²) >= 11 is 0. The van der Waals surface area contributed by atoms with E-state index in [9.17, 15) is 9.90 Å². The van der Waals surface area contributed by atoms with Crippen LogP contribution in [-0.2, 0) is 4.79 Å². The molecule has 144 valence electrons. The van der Waals surface area contributed by atoms with Gasteiger partial charge in [-0.25, -0.2) is 4.99 Å². The standard InChI is InChI=1S/C20H32N4O2/c1-4-21-19(23-14-20(10-5-11-20)12-15(2)3)22-13-18(26)24-16-6-8-17(25)9-7-16/h6-9,15,25H,4-5,10-14H2,1-3H3,(H,24,26)(H2,21,22,23). The molecule has 6 nitrogen and oxygen atoms in total. The van der Waals surface area contributed by atoms with Gasteiger partial charge in [0.25, 0.3) is 0 Å². The molecule has 0 heterocycles. The van der Waals surface area contributed by atoms with Gasteiger partial charge < -0.3 is 21.1 Å². The summed E-state index contributed by atoms with van der Waals surface area (Å²) in [7, 11) is 0. The van der Waals surface area contributed by atoms with E-state index in [-0.39, 0.29) is 18.2 Å². The number of rotatable bonds is 8. The second kappa shape index (κ2) is 9.46. The van der Waals surface area contributed by atoms with Crippen molar-refractivity contribution < 1.29 is 9.90 Å². The van der Waals surface area contributed by atoms with Crippen molar-refractivity contribution in [1.29, 1.82) is 0 Å². The summed E-state index contributed by atoms with van der Waals surface area (Å²) in [6, 6.07) is 6.40. The van der Waals surface area contributed by atoms with Crippen LogP contribution in [0.15, 0.2) is 29.3 Å². The average Bonchev–Trinajstić information content (AvgIpc) is 2.56. The predicted octanol–water partition coefficient (Wildman–Crippen LogP) is 3.10. The van der Waals surface area contributed by atoms with Gasteiger partial charge in [0.05, 0.1) is 0 Å². The molecule has 0 saturated heterocycles. The number of nitrogens with one attached hydrogen (secondary N) is 3. The minimum Gasteiger partial charge on any atom is -0.508 e. The number of guanidine groups is 1. The number of anilines is 1. The number of amides is 1. The minimum atomic E-state index is -0.187. The smallest absolute Gasteiger partial charge is 0.246 e. The molecule has 0 aromatic heterocycles. The Morgan fingerprint density at radius 2 is 1.92 bits per heavy atom. The summed E-state index contributed by atoms with van der Waals surface area (Å²) < 4.78 is 0. The summed E-state index contributed by atoms with van der Waals surface area (Å²) in [5.74, 6) is 1.36. The van der Waals surface area contributed by atoms with E-state index < -0.39 is 0 Å². The van der Waals surface area contributed by atoms with Crippen molar-refractivity contribution in [3.63, 3.8) is 0 Å². The zero-order chi connectivity index (χ0) is 19.0. The van der Waals surface area contributed by atoms with Gasteiger partial charge in [-0.1, -0.05) is 20.3 Å². The third-order valence-electron chi connectivity index (χ3n) is 4.76. The number of aliphatic imine (C=N–C) groups is 1. The Morgan fingerprint density at radius 3 is 2.46 bits per heavy atom. The molecule has 2 rings (SSSR count). The number of aromatic hydroxyl groups is 1. The molecule has 0 unspecified atom stereocenters. The summed E-state index contributed by atoms with van der Waals surface area (Å²) in [6.45, 7) is 8.26. The van der Waals surface area contributed by atoms with Gasteiger partial charge in [-0.2, -0.15) is 0 Å². The molecule has 1 aromatic carbocycles. The van der Waals surface area contributed by atoms with E-state index in [1.54, 1.807) is 12.1 Å². The highest BCUT2D eigenvalue weighted by Crippen LogP contribution is 2.45. The molecule has 1 aliphatic carbocycles.